The van der Waals surface area contributed by atoms with Crippen LogP contribution >= 0.6 is 0 Å². The highest BCUT2D eigenvalue weighted by molar-refractivity contribution is 4.99. The van der Waals surface area contributed by atoms with E-state index in [0.29, 0.717) is 13.2 Å². The van der Waals surface area contributed by atoms with Gasteiger partial charge in [0, 0.05) is 32.7 Å². The number of aryl methyl sites for hydroxylation is 1. The average Bonchev–Trinajstić information content (AvgIpc) is 2.67. The summed E-state index contributed by atoms with van der Waals surface area (Å²) >= 11 is 0. The lowest BCUT2D eigenvalue weighted by molar-refractivity contribution is -0.155. The van der Waals surface area contributed by atoms with Crippen LogP contribution in [0.5, 0.6) is 0 Å². The van der Waals surface area contributed by atoms with E-state index in [4.69, 9.17) is 9.47 Å². The first-order valence-electron chi connectivity index (χ1n) is 5.62. The molecule has 0 saturated carbocycles. The van der Waals surface area contributed by atoms with Crippen LogP contribution in [0.25, 0.3) is 0 Å². The molecule has 16 heavy (non-hydrogen) atoms. The number of nitrogens with one attached hydrogen (secondary N) is 1. The zero-order chi connectivity index (χ0) is 12.0. The standard InChI is InChI=1S/C11H21N3O2/c1-5-15-11(16-6-2)9(12-3)10-13-7-8-14(10)4/h7-9,11-12H,5-6H2,1-4H3. The van der Waals surface area contributed by atoms with Crippen molar-refractivity contribution < 1.29 is 9.47 Å². The Morgan fingerprint density at radius 3 is 2.38 bits per heavy atom. The Hall–Kier alpha value is -0.910. The minimum absolute atomic E-state index is 0.0556. The van der Waals surface area contributed by atoms with Gasteiger partial charge in [-0.3, -0.25) is 0 Å². The molecule has 0 radical (unpaired) electrons. The zero-order valence-electron chi connectivity index (χ0n) is 10.4. The predicted octanol–water partition coefficient (Wildman–Crippen LogP) is 1.08. The van der Waals surface area contributed by atoms with Crippen LogP contribution in [0, 0.1) is 0 Å². The Labute approximate surface area is 96.8 Å². The van der Waals surface area contributed by atoms with Crippen LogP contribution in [0.3, 0.4) is 0 Å². The van der Waals surface area contributed by atoms with Gasteiger partial charge in [0.15, 0.2) is 6.29 Å². The van der Waals surface area contributed by atoms with Crippen LogP contribution in [-0.4, -0.2) is 36.1 Å². The van der Waals surface area contributed by atoms with E-state index in [1.807, 2.05) is 38.7 Å². The molecule has 92 valence electrons. The summed E-state index contributed by atoms with van der Waals surface area (Å²) in [5.74, 6) is 0.911. The third-order valence-electron chi connectivity index (χ3n) is 2.38. The molecule has 0 saturated heterocycles. The summed E-state index contributed by atoms with van der Waals surface area (Å²) in [5.41, 5.74) is 0. The molecule has 1 N–H and O–H groups in total. The SMILES string of the molecule is CCOC(OCC)C(NC)c1nccn1C. The van der Waals surface area contributed by atoms with Gasteiger partial charge in [-0.1, -0.05) is 0 Å². The molecule has 1 unspecified atom stereocenters. The molecule has 0 bridgehead atoms. The van der Waals surface area contributed by atoms with E-state index in [1.165, 1.54) is 0 Å². The van der Waals surface area contributed by atoms with E-state index >= 15 is 0 Å². The number of imidazole rings is 1. The summed E-state index contributed by atoms with van der Waals surface area (Å²) in [4.78, 5) is 4.31. The molecule has 0 aliphatic heterocycles. The number of aromatic nitrogens is 2. The van der Waals surface area contributed by atoms with Crippen molar-refractivity contribution >= 4 is 0 Å². The first-order valence-corrected chi connectivity index (χ1v) is 5.62. The lowest BCUT2D eigenvalue weighted by atomic mass is 10.2. The Morgan fingerprint density at radius 2 is 2.00 bits per heavy atom. The fourth-order valence-corrected chi connectivity index (χ4v) is 1.63. The quantitative estimate of drug-likeness (QED) is 0.708. The second-order valence-corrected chi connectivity index (χ2v) is 3.44. The summed E-state index contributed by atoms with van der Waals surface area (Å²) in [6.07, 6.45) is 3.38. The van der Waals surface area contributed by atoms with Gasteiger partial charge in [-0.15, -0.1) is 0 Å². The third kappa shape index (κ3) is 3.04. The first-order chi connectivity index (χ1) is 7.74. The van der Waals surface area contributed by atoms with E-state index in [-0.39, 0.29) is 12.3 Å². The van der Waals surface area contributed by atoms with Gasteiger partial charge in [-0.2, -0.15) is 0 Å². The smallest absolute Gasteiger partial charge is 0.179 e. The van der Waals surface area contributed by atoms with Gasteiger partial charge in [0.05, 0.1) is 0 Å². The van der Waals surface area contributed by atoms with Crippen molar-refractivity contribution in [2.24, 2.45) is 7.05 Å². The van der Waals surface area contributed by atoms with E-state index in [9.17, 15) is 0 Å². The topological polar surface area (TPSA) is 48.3 Å². The number of hydrogen-bond acceptors (Lipinski definition) is 4. The van der Waals surface area contributed by atoms with Crippen LogP contribution in [-0.2, 0) is 16.5 Å². The molecule has 0 aliphatic carbocycles. The molecule has 5 heteroatoms. The van der Waals surface area contributed by atoms with Crippen LogP contribution in [0.4, 0.5) is 0 Å². The summed E-state index contributed by atoms with van der Waals surface area (Å²) in [7, 11) is 3.84. The third-order valence-corrected chi connectivity index (χ3v) is 2.38. The number of nitrogens with zero attached hydrogens (tertiary/aromatic N) is 2. The maximum Gasteiger partial charge on any atom is 0.179 e. The van der Waals surface area contributed by atoms with E-state index in [2.05, 4.69) is 10.3 Å². The maximum atomic E-state index is 5.58. The summed E-state index contributed by atoms with van der Waals surface area (Å²) < 4.78 is 13.1. The molecule has 0 spiro atoms. The Bertz CT molecular complexity index is 295. The van der Waals surface area contributed by atoms with Crippen molar-refractivity contribution in [1.29, 1.82) is 0 Å². The van der Waals surface area contributed by atoms with Crippen molar-refractivity contribution in [1.82, 2.24) is 14.9 Å². The lowest BCUT2D eigenvalue weighted by Gasteiger charge is -2.25. The molecule has 0 fully saturated rings. The maximum absolute atomic E-state index is 5.58. The largest absolute Gasteiger partial charge is 0.351 e. The highest BCUT2D eigenvalue weighted by Crippen LogP contribution is 2.17. The van der Waals surface area contributed by atoms with Gasteiger partial charge < -0.3 is 19.4 Å². The Balaban J connectivity index is 2.81. The normalized spacial score (nSPS) is 13.3. The fraction of sp³-hybridized carbons (Fsp3) is 0.727. The van der Waals surface area contributed by atoms with Gasteiger partial charge in [0.1, 0.15) is 11.9 Å². The minimum Gasteiger partial charge on any atom is -0.351 e. The van der Waals surface area contributed by atoms with Crippen molar-refractivity contribution in [2.75, 3.05) is 20.3 Å². The molecule has 0 amide bonds. The number of likely N-dealkylation sites (N-methyl/N-ethyl adjacent to an activating group) is 1. The van der Waals surface area contributed by atoms with E-state index in [1.54, 1.807) is 6.20 Å². The fourth-order valence-electron chi connectivity index (χ4n) is 1.63. The van der Waals surface area contributed by atoms with Crippen molar-refractivity contribution in [2.45, 2.75) is 26.2 Å². The first kappa shape index (κ1) is 13.2. The second-order valence-electron chi connectivity index (χ2n) is 3.44. The Morgan fingerprint density at radius 1 is 1.38 bits per heavy atom. The zero-order valence-corrected chi connectivity index (χ0v) is 10.4. The van der Waals surface area contributed by atoms with E-state index in [0.717, 1.165) is 5.82 Å². The molecular formula is C11H21N3O2. The Kier molecular flexibility index (Phi) is 5.45. The van der Waals surface area contributed by atoms with Crippen molar-refractivity contribution in [3.05, 3.63) is 18.2 Å². The van der Waals surface area contributed by atoms with Crippen LogP contribution in [0.1, 0.15) is 25.7 Å². The molecule has 1 heterocycles. The molecule has 1 aromatic rings. The van der Waals surface area contributed by atoms with Gasteiger partial charge in [-0.25, -0.2) is 4.98 Å². The van der Waals surface area contributed by atoms with Crippen molar-refractivity contribution in [3.8, 4) is 0 Å². The monoisotopic (exact) mass is 227 g/mol. The van der Waals surface area contributed by atoms with Gasteiger partial charge in [0.2, 0.25) is 0 Å². The van der Waals surface area contributed by atoms with Crippen LogP contribution < -0.4 is 5.32 Å². The van der Waals surface area contributed by atoms with E-state index < -0.39 is 0 Å². The van der Waals surface area contributed by atoms with Crippen molar-refractivity contribution in [3.63, 3.8) is 0 Å². The molecule has 0 aliphatic rings. The number of rotatable bonds is 7. The predicted molar refractivity (Wildman–Crippen MR) is 62.0 cm³/mol. The number of hydrogen-bond donors (Lipinski definition) is 1. The van der Waals surface area contributed by atoms with Crippen LogP contribution in [0.15, 0.2) is 12.4 Å². The van der Waals surface area contributed by atoms with Gasteiger partial charge in [-0.05, 0) is 20.9 Å². The summed E-state index contributed by atoms with van der Waals surface area (Å²) in [6.45, 7) is 5.15. The molecular weight excluding hydrogens is 206 g/mol. The molecule has 1 atom stereocenters. The summed E-state index contributed by atoms with van der Waals surface area (Å²) in [6, 6.07) is -0.0556. The van der Waals surface area contributed by atoms with Gasteiger partial charge in [0.25, 0.3) is 0 Å². The molecule has 5 nitrogen and oxygen atoms in total. The molecule has 1 rings (SSSR count). The second kappa shape index (κ2) is 6.62. The highest BCUT2D eigenvalue weighted by atomic mass is 16.7. The van der Waals surface area contributed by atoms with Crippen LogP contribution in [0.2, 0.25) is 0 Å². The average molecular weight is 227 g/mol. The molecule has 0 aromatic carbocycles. The highest BCUT2D eigenvalue weighted by Gasteiger charge is 2.25. The van der Waals surface area contributed by atoms with Gasteiger partial charge >= 0.3 is 0 Å². The molecule has 1 aromatic heterocycles. The summed E-state index contributed by atoms with van der Waals surface area (Å²) in [5, 5.41) is 3.18. The minimum atomic E-state index is -0.305. The number of ether oxygens (including phenoxy) is 2. The lowest BCUT2D eigenvalue weighted by Crippen LogP contribution is -2.35.